The molecule has 0 aromatic carbocycles. The number of carbonyl (C=O) groups excluding carboxylic acids is 2. The van der Waals surface area contributed by atoms with E-state index in [-0.39, 0.29) is 30.2 Å². The predicted octanol–water partition coefficient (Wildman–Crippen LogP) is 1.04. The van der Waals surface area contributed by atoms with Crippen molar-refractivity contribution in [2.24, 2.45) is 17.3 Å². The lowest BCUT2D eigenvalue weighted by atomic mass is 9.79. The number of hydrogen-bond acceptors (Lipinski definition) is 4. The Balaban J connectivity index is 1.81. The lowest BCUT2D eigenvalue weighted by Crippen LogP contribution is -2.48. The van der Waals surface area contributed by atoms with Crippen molar-refractivity contribution in [1.82, 2.24) is 4.90 Å². The minimum absolute atomic E-state index is 0.0103. The van der Waals surface area contributed by atoms with Gasteiger partial charge in [-0.3, -0.25) is 19.3 Å². The third-order valence-electron chi connectivity index (χ3n) is 5.30. The third kappa shape index (κ3) is 2.35. The Hall–Kier alpha value is -1.43. The highest BCUT2D eigenvalue weighted by Crippen LogP contribution is 2.41. The van der Waals surface area contributed by atoms with E-state index < -0.39 is 11.4 Å². The maximum absolute atomic E-state index is 12.5. The Kier molecular flexibility index (Phi) is 3.73. The van der Waals surface area contributed by atoms with Crippen LogP contribution in [0.3, 0.4) is 0 Å². The Bertz CT molecular complexity index is 445. The molecule has 3 rings (SSSR count). The Morgan fingerprint density at radius 2 is 1.67 bits per heavy atom. The molecule has 0 bridgehead atoms. The molecule has 1 aliphatic carbocycles. The molecule has 0 radical (unpaired) electrons. The van der Waals surface area contributed by atoms with Crippen LogP contribution in [-0.4, -0.2) is 47.5 Å². The molecule has 2 unspecified atom stereocenters. The summed E-state index contributed by atoms with van der Waals surface area (Å²) in [7, 11) is 0. The first-order chi connectivity index (χ1) is 10.1. The number of fused-ring (bicyclic) bond motifs is 1. The molecule has 2 saturated heterocycles. The zero-order chi connectivity index (χ0) is 15.0. The summed E-state index contributed by atoms with van der Waals surface area (Å²) in [5.74, 6) is -1.66. The van der Waals surface area contributed by atoms with Gasteiger partial charge in [-0.05, 0) is 25.7 Å². The summed E-state index contributed by atoms with van der Waals surface area (Å²) in [5.41, 5.74) is -1.03. The number of aliphatic carboxylic acids is 1. The number of hydrogen-bond donors (Lipinski definition) is 1. The van der Waals surface area contributed by atoms with Crippen LogP contribution in [0.25, 0.3) is 0 Å². The number of likely N-dealkylation sites (tertiary alicyclic amines) is 1. The molecule has 2 heterocycles. The third-order valence-corrected chi connectivity index (χ3v) is 5.30. The van der Waals surface area contributed by atoms with E-state index in [9.17, 15) is 19.5 Å². The zero-order valence-electron chi connectivity index (χ0n) is 12.0. The number of carboxylic acid groups (broad SMARTS) is 1. The maximum Gasteiger partial charge on any atom is 0.311 e. The molecule has 2 aliphatic heterocycles. The summed E-state index contributed by atoms with van der Waals surface area (Å²) in [6.45, 7) is 0.751. The van der Waals surface area contributed by atoms with Gasteiger partial charge in [0, 0.05) is 19.8 Å². The van der Waals surface area contributed by atoms with Gasteiger partial charge in [-0.25, -0.2) is 0 Å². The topological polar surface area (TPSA) is 83.9 Å². The van der Waals surface area contributed by atoms with Crippen molar-refractivity contribution in [3.8, 4) is 0 Å². The van der Waals surface area contributed by atoms with Crippen molar-refractivity contribution >= 4 is 17.8 Å². The van der Waals surface area contributed by atoms with Crippen molar-refractivity contribution in [3.63, 3.8) is 0 Å². The number of carbonyl (C=O) groups is 3. The Morgan fingerprint density at radius 3 is 2.14 bits per heavy atom. The maximum atomic E-state index is 12.5. The smallest absolute Gasteiger partial charge is 0.311 e. The van der Waals surface area contributed by atoms with Crippen LogP contribution in [0.1, 0.15) is 38.5 Å². The highest BCUT2D eigenvalue weighted by atomic mass is 16.5. The first kappa shape index (κ1) is 14.5. The van der Waals surface area contributed by atoms with Crippen molar-refractivity contribution in [2.75, 3.05) is 19.8 Å². The van der Waals surface area contributed by atoms with Gasteiger partial charge in [-0.15, -0.1) is 0 Å². The average Bonchev–Trinajstić information content (AvgIpc) is 2.74. The van der Waals surface area contributed by atoms with Gasteiger partial charge in [-0.2, -0.15) is 0 Å². The van der Waals surface area contributed by atoms with E-state index in [2.05, 4.69) is 0 Å². The molecule has 116 valence electrons. The van der Waals surface area contributed by atoms with Gasteiger partial charge in [0.15, 0.2) is 0 Å². The standard InChI is InChI=1S/C15H21NO5/c17-12-10-3-1-2-4-11(10)13(18)16(12)9-15(14(19)20)5-7-21-8-6-15/h10-11H,1-9H2,(H,19,20). The molecule has 3 fully saturated rings. The minimum Gasteiger partial charge on any atom is -0.481 e. The number of imide groups is 1. The van der Waals surface area contributed by atoms with E-state index in [1.54, 1.807) is 0 Å². The molecule has 0 aromatic heterocycles. The molecule has 6 nitrogen and oxygen atoms in total. The zero-order valence-corrected chi connectivity index (χ0v) is 12.0. The van der Waals surface area contributed by atoms with Crippen molar-refractivity contribution < 1.29 is 24.2 Å². The fourth-order valence-corrected chi connectivity index (χ4v) is 3.89. The molecule has 0 spiro atoms. The Morgan fingerprint density at radius 1 is 1.14 bits per heavy atom. The molecule has 0 aromatic rings. The SMILES string of the molecule is O=C1C2CCCCC2C(=O)N1CC1(C(=O)O)CCOCC1. The van der Waals surface area contributed by atoms with Gasteiger partial charge < -0.3 is 9.84 Å². The number of nitrogens with zero attached hydrogens (tertiary/aromatic N) is 1. The average molecular weight is 295 g/mol. The summed E-state index contributed by atoms with van der Waals surface area (Å²) in [6, 6.07) is 0. The number of carboxylic acids is 1. The van der Waals surface area contributed by atoms with Crippen LogP contribution >= 0.6 is 0 Å². The monoisotopic (exact) mass is 295 g/mol. The van der Waals surface area contributed by atoms with Gasteiger partial charge in [0.2, 0.25) is 11.8 Å². The van der Waals surface area contributed by atoms with Gasteiger partial charge in [0.05, 0.1) is 17.3 Å². The minimum atomic E-state index is -1.03. The van der Waals surface area contributed by atoms with Crippen molar-refractivity contribution in [3.05, 3.63) is 0 Å². The van der Waals surface area contributed by atoms with Crippen LogP contribution in [0.4, 0.5) is 0 Å². The van der Waals surface area contributed by atoms with E-state index in [0.717, 1.165) is 25.7 Å². The quantitative estimate of drug-likeness (QED) is 0.787. The van der Waals surface area contributed by atoms with Crippen LogP contribution in [0.15, 0.2) is 0 Å². The van der Waals surface area contributed by atoms with Gasteiger partial charge >= 0.3 is 5.97 Å². The highest BCUT2D eigenvalue weighted by Gasteiger charge is 2.52. The van der Waals surface area contributed by atoms with Crippen LogP contribution in [0, 0.1) is 17.3 Å². The molecule has 3 aliphatic rings. The lowest BCUT2D eigenvalue weighted by Gasteiger charge is -2.35. The fraction of sp³-hybridized carbons (Fsp3) is 0.800. The van der Waals surface area contributed by atoms with Gasteiger partial charge in [-0.1, -0.05) is 12.8 Å². The first-order valence-corrected chi connectivity index (χ1v) is 7.71. The van der Waals surface area contributed by atoms with E-state index in [1.165, 1.54) is 4.90 Å². The molecule has 2 atom stereocenters. The molecule has 2 amide bonds. The molecule has 21 heavy (non-hydrogen) atoms. The van der Waals surface area contributed by atoms with E-state index >= 15 is 0 Å². The van der Waals surface area contributed by atoms with Crippen LogP contribution in [0.2, 0.25) is 0 Å². The number of ether oxygens (including phenoxy) is 1. The number of rotatable bonds is 3. The van der Waals surface area contributed by atoms with Crippen LogP contribution in [-0.2, 0) is 19.1 Å². The van der Waals surface area contributed by atoms with Crippen molar-refractivity contribution in [2.45, 2.75) is 38.5 Å². The fourth-order valence-electron chi connectivity index (χ4n) is 3.89. The number of amides is 2. The second kappa shape index (κ2) is 5.40. The van der Waals surface area contributed by atoms with Gasteiger partial charge in [0.25, 0.3) is 0 Å². The Labute approximate surface area is 123 Å². The normalized spacial score (nSPS) is 32.1. The van der Waals surface area contributed by atoms with Crippen LogP contribution < -0.4 is 0 Å². The van der Waals surface area contributed by atoms with E-state index in [1.807, 2.05) is 0 Å². The first-order valence-electron chi connectivity index (χ1n) is 7.71. The summed E-state index contributed by atoms with van der Waals surface area (Å²) >= 11 is 0. The summed E-state index contributed by atoms with van der Waals surface area (Å²) in [5, 5.41) is 9.58. The molecular formula is C15H21NO5. The van der Waals surface area contributed by atoms with Crippen molar-refractivity contribution in [1.29, 1.82) is 0 Å². The summed E-state index contributed by atoms with van der Waals surface area (Å²) in [6.07, 6.45) is 4.19. The largest absolute Gasteiger partial charge is 0.481 e. The van der Waals surface area contributed by atoms with Crippen LogP contribution in [0.5, 0.6) is 0 Å². The molecule has 6 heteroatoms. The van der Waals surface area contributed by atoms with Gasteiger partial charge in [0.1, 0.15) is 0 Å². The predicted molar refractivity (Wildman–Crippen MR) is 72.3 cm³/mol. The second-order valence-corrected chi connectivity index (χ2v) is 6.46. The molecule has 1 saturated carbocycles. The molecule has 1 N–H and O–H groups in total. The second-order valence-electron chi connectivity index (χ2n) is 6.46. The highest BCUT2D eigenvalue weighted by molar-refractivity contribution is 6.05. The van der Waals surface area contributed by atoms with E-state index in [4.69, 9.17) is 4.74 Å². The summed E-state index contributed by atoms with van der Waals surface area (Å²) < 4.78 is 5.24. The lowest BCUT2D eigenvalue weighted by molar-refractivity contribution is -0.159. The summed E-state index contributed by atoms with van der Waals surface area (Å²) in [4.78, 5) is 37.9. The molecular weight excluding hydrogens is 274 g/mol. The van der Waals surface area contributed by atoms with E-state index in [0.29, 0.717) is 26.1 Å².